The van der Waals surface area contributed by atoms with E-state index in [1.807, 2.05) is 0 Å². The molecule has 19 heavy (non-hydrogen) atoms. The fraction of sp³-hybridized carbons (Fsp3) is 1.00. The number of ether oxygens (including phenoxy) is 4. The average Bonchev–Trinajstić information content (AvgIpc) is 3.27. The molecule has 0 aromatic rings. The van der Waals surface area contributed by atoms with Gasteiger partial charge in [0.15, 0.2) is 3.42 Å². The smallest absolute Gasteiger partial charge is 0.190 e. The van der Waals surface area contributed by atoms with Gasteiger partial charge in [0.1, 0.15) is 12.2 Å². The Kier molecular flexibility index (Phi) is 5.64. The van der Waals surface area contributed by atoms with E-state index in [9.17, 15) is 10.2 Å². The normalized spacial score (nSPS) is 26.5. The van der Waals surface area contributed by atoms with E-state index in [0.717, 1.165) is 0 Å². The van der Waals surface area contributed by atoms with Crippen LogP contribution >= 0.6 is 31.9 Å². The molecule has 2 aliphatic rings. The van der Waals surface area contributed by atoms with Crippen LogP contribution in [0.2, 0.25) is 0 Å². The zero-order valence-electron chi connectivity index (χ0n) is 10.4. The van der Waals surface area contributed by atoms with Gasteiger partial charge in [-0.1, -0.05) is 0 Å². The molecular weight excluding hydrogens is 388 g/mol. The summed E-state index contributed by atoms with van der Waals surface area (Å²) in [4.78, 5) is 0. The van der Waals surface area contributed by atoms with E-state index < -0.39 is 8.83 Å². The molecule has 0 radical (unpaired) electrons. The Balaban J connectivity index is 1.88. The summed E-state index contributed by atoms with van der Waals surface area (Å²) in [5.41, 5.74) is -1.00. The highest BCUT2D eigenvalue weighted by atomic mass is 79.9. The van der Waals surface area contributed by atoms with E-state index in [2.05, 4.69) is 31.9 Å². The van der Waals surface area contributed by atoms with Gasteiger partial charge in [0.05, 0.1) is 51.7 Å². The Labute approximate surface area is 128 Å². The van der Waals surface area contributed by atoms with Crippen molar-refractivity contribution in [1.82, 2.24) is 0 Å². The van der Waals surface area contributed by atoms with Crippen molar-refractivity contribution >= 4 is 31.9 Å². The molecule has 8 heteroatoms. The molecule has 2 aliphatic heterocycles. The largest absolute Gasteiger partial charge is 0.395 e. The summed E-state index contributed by atoms with van der Waals surface area (Å²) >= 11 is 6.75. The lowest BCUT2D eigenvalue weighted by Gasteiger charge is -2.40. The van der Waals surface area contributed by atoms with Crippen molar-refractivity contribution in [3.05, 3.63) is 0 Å². The predicted molar refractivity (Wildman–Crippen MR) is 73.4 cm³/mol. The van der Waals surface area contributed by atoms with Crippen molar-refractivity contribution in [2.45, 2.75) is 15.6 Å². The fourth-order valence-corrected chi connectivity index (χ4v) is 2.47. The first-order valence-corrected chi connectivity index (χ1v) is 7.66. The molecule has 0 spiro atoms. The highest BCUT2D eigenvalue weighted by Crippen LogP contribution is 2.46. The Bertz CT molecular complexity index is 289. The second-order valence-corrected chi connectivity index (χ2v) is 8.15. The minimum absolute atomic E-state index is 0.0883. The fourth-order valence-electron chi connectivity index (χ4n) is 1.47. The first-order chi connectivity index (χ1) is 9.03. The summed E-state index contributed by atoms with van der Waals surface area (Å²) in [6, 6.07) is 0. The molecule has 2 fully saturated rings. The lowest BCUT2D eigenvalue weighted by atomic mass is 9.92. The first-order valence-electron chi connectivity index (χ1n) is 6.07. The minimum atomic E-state index is -1.08. The van der Waals surface area contributed by atoms with Crippen molar-refractivity contribution < 1.29 is 29.2 Å². The maximum Gasteiger partial charge on any atom is 0.190 e. The third kappa shape index (κ3) is 4.34. The van der Waals surface area contributed by atoms with Gasteiger partial charge in [-0.3, -0.25) is 0 Å². The van der Waals surface area contributed by atoms with Crippen molar-refractivity contribution in [2.75, 3.05) is 46.2 Å². The number of aliphatic hydroxyl groups is 2. The van der Waals surface area contributed by atoms with E-state index in [-0.39, 0.29) is 32.0 Å². The van der Waals surface area contributed by atoms with Crippen LogP contribution in [0.4, 0.5) is 0 Å². The predicted octanol–water partition coefficient (Wildman–Crippen LogP) is 0.232. The molecule has 6 nitrogen and oxygen atoms in total. The summed E-state index contributed by atoms with van der Waals surface area (Å²) < 4.78 is 20.2. The number of alkyl halides is 2. The number of aliphatic hydroxyl groups excluding tert-OH is 2. The second-order valence-electron chi connectivity index (χ2n) is 4.85. The van der Waals surface area contributed by atoms with Gasteiger partial charge in [0, 0.05) is 0 Å². The SMILES string of the molecule is OCC(CO)(COCC1CO1)C(Br)(Br)OCC1CO1. The van der Waals surface area contributed by atoms with E-state index in [4.69, 9.17) is 18.9 Å². The first kappa shape index (κ1) is 16.1. The van der Waals surface area contributed by atoms with Gasteiger partial charge in [0.2, 0.25) is 0 Å². The molecule has 0 aromatic carbocycles. The Morgan fingerprint density at radius 2 is 1.58 bits per heavy atom. The Morgan fingerprint density at radius 1 is 1.05 bits per heavy atom. The molecule has 0 bridgehead atoms. The molecule has 0 aliphatic carbocycles. The molecule has 2 unspecified atom stereocenters. The topological polar surface area (TPSA) is 84.0 Å². The molecule has 2 heterocycles. The summed E-state index contributed by atoms with van der Waals surface area (Å²) in [6.45, 7) is 1.76. The maximum absolute atomic E-state index is 9.63. The number of epoxide rings is 2. The Morgan fingerprint density at radius 3 is 2.05 bits per heavy atom. The van der Waals surface area contributed by atoms with Crippen LogP contribution in [0.5, 0.6) is 0 Å². The molecule has 2 saturated heterocycles. The average molecular weight is 406 g/mol. The number of rotatable bonds is 10. The standard InChI is InChI=1S/C11H18Br2O6/c12-11(13,19-4-9-3-18-9)10(5-14,6-15)7-16-1-8-2-17-8/h8-9,14-15H,1-7H2. The van der Waals surface area contributed by atoms with Crippen LogP contribution in [0.3, 0.4) is 0 Å². The zero-order valence-corrected chi connectivity index (χ0v) is 13.6. The van der Waals surface area contributed by atoms with E-state index in [1.54, 1.807) is 0 Å². The van der Waals surface area contributed by atoms with Crippen LogP contribution in [0, 0.1) is 5.41 Å². The number of halogens is 2. The van der Waals surface area contributed by atoms with Crippen LogP contribution in [0.15, 0.2) is 0 Å². The van der Waals surface area contributed by atoms with Crippen molar-refractivity contribution in [2.24, 2.45) is 5.41 Å². The summed E-state index contributed by atoms with van der Waals surface area (Å²) in [6.07, 6.45) is 0.223. The van der Waals surface area contributed by atoms with Crippen LogP contribution in [-0.4, -0.2) is 72.1 Å². The quantitative estimate of drug-likeness (QED) is 0.400. The summed E-state index contributed by atoms with van der Waals surface area (Å²) in [5.74, 6) is 0. The highest BCUT2D eigenvalue weighted by molar-refractivity contribution is 9.25. The van der Waals surface area contributed by atoms with Gasteiger partial charge in [-0.05, 0) is 31.9 Å². The van der Waals surface area contributed by atoms with Crippen molar-refractivity contribution in [3.8, 4) is 0 Å². The molecule has 112 valence electrons. The Hall–Kier alpha value is 0.720. The van der Waals surface area contributed by atoms with Crippen molar-refractivity contribution in [3.63, 3.8) is 0 Å². The molecule has 2 atom stereocenters. The third-order valence-corrected chi connectivity index (χ3v) is 5.30. The van der Waals surface area contributed by atoms with Gasteiger partial charge in [-0.15, -0.1) is 0 Å². The molecule has 0 aromatic heterocycles. The lowest BCUT2D eigenvalue weighted by Crippen LogP contribution is -2.50. The van der Waals surface area contributed by atoms with Gasteiger partial charge in [0.25, 0.3) is 0 Å². The lowest BCUT2D eigenvalue weighted by molar-refractivity contribution is -0.103. The van der Waals surface area contributed by atoms with Gasteiger partial charge in [-0.2, -0.15) is 0 Å². The third-order valence-electron chi connectivity index (χ3n) is 3.16. The van der Waals surface area contributed by atoms with Gasteiger partial charge >= 0.3 is 0 Å². The monoisotopic (exact) mass is 404 g/mol. The van der Waals surface area contributed by atoms with Crippen LogP contribution in [0.25, 0.3) is 0 Å². The summed E-state index contributed by atoms with van der Waals surface area (Å²) in [7, 11) is 0. The molecule has 2 N–H and O–H groups in total. The molecule has 0 saturated carbocycles. The zero-order chi connectivity index (χ0) is 13.9. The van der Waals surface area contributed by atoms with Gasteiger partial charge in [-0.25, -0.2) is 0 Å². The highest BCUT2D eigenvalue weighted by Gasteiger charge is 2.50. The minimum Gasteiger partial charge on any atom is -0.395 e. The number of hydrogen-bond donors (Lipinski definition) is 2. The maximum atomic E-state index is 9.63. The number of hydrogen-bond acceptors (Lipinski definition) is 6. The molecular formula is C11H18Br2O6. The van der Waals surface area contributed by atoms with Crippen LogP contribution in [0.1, 0.15) is 0 Å². The van der Waals surface area contributed by atoms with E-state index in [1.165, 1.54) is 0 Å². The molecule has 2 rings (SSSR count). The van der Waals surface area contributed by atoms with E-state index in [0.29, 0.717) is 26.4 Å². The molecule has 0 amide bonds. The second kappa shape index (κ2) is 6.65. The van der Waals surface area contributed by atoms with Crippen LogP contribution in [-0.2, 0) is 18.9 Å². The van der Waals surface area contributed by atoms with E-state index >= 15 is 0 Å². The summed E-state index contributed by atoms with van der Waals surface area (Å²) in [5, 5.41) is 19.3. The van der Waals surface area contributed by atoms with Gasteiger partial charge < -0.3 is 29.2 Å². The van der Waals surface area contributed by atoms with Crippen LogP contribution < -0.4 is 0 Å². The van der Waals surface area contributed by atoms with Crippen molar-refractivity contribution in [1.29, 1.82) is 0 Å².